The first kappa shape index (κ1) is 13.5. The summed E-state index contributed by atoms with van der Waals surface area (Å²) in [5.74, 6) is 1.60. The summed E-state index contributed by atoms with van der Waals surface area (Å²) < 4.78 is 0. The second-order valence-electron chi connectivity index (χ2n) is 5.70. The number of hydrogen-bond donors (Lipinski definition) is 1. The summed E-state index contributed by atoms with van der Waals surface area (Å²) >= 11 is 5.03. The van der Waals surface area contributed by atoms with Gasteiger partial charge in [0.2, 0.25) is 0 Å². The lowest BCUT2D eigenvalue weighted by atomic mass is 9.91. The number of nitrogens with zero attached hydrogens (tertiary/aromatic N) is 1. The van der Waals surface area contributed by atoms with Gasteiger partial charge in [-0.2, -0.15) is 0 Å². The molecule has 2 rings (SSSR count). The molecule has 0 spiro atoms. The van der Waals surface area contributed by atoms with E-state index in [-0.39, 0.29) is 0 Å². The van der Waals surface area contributed by atoms with Crippen LogP contribution in [0.25, 0.3) is 0 Å². The zero-order chi connectivity index (χ0) is 13.1. The second-order valence-corrected chi connectivity index (χ2v) is 6.14. The van der Waals surface area contributed by atoms with E-state index in [2.05, 4.69) is 30.9 Å². The number of thiocarbonyl (C=S) groups is 1. The molecule has 1 aromatic carbocycles. The lowest BCUT2D eigenvalue weighted by molar-refractivity contribution is 0.134. The Morgan fingerprint density at radius 3 is 2.61 bits per heavy atom. The van der Waals surface area contributed by atoms with E-state index in [1.54, 1.807) is 0 Å². The predicted molar refractivity (Wildman–Crippen MR) is 80.6 cm³/mol. The van der Waals surface area contributed by atoms with Crippen molar-refractivity contribution in [3.05, 3.63) is 35.4 Å². The first-order valence-electron chi connectivity index (χ1n) is 6.65. The Hall–Kier alpha value is -0.930. The maximum absolute atomic E-state index is 5.68. The summed E-state index contributed by atoms with van der Waals surface area (Å²) in [4.78, 5) is 3.02. The molecule has 0 aromatic heterocycles. The summed E-state index contributed by atoms with van der Waals surface area (Å²) in [6.07, 6.45) is 1.35. The number of likely N-dealkylation sites (tertiary alicyclic amines) is 1. The number of nitrogens with two attached hydrogens (primary N) is 1. The predicted octanol–water partition coefficient (Wildman–Crippen LogP) is 2.80. The van der Waals surface area contributed by atoms with Crippen LogP contribution in [0.4, 0.5) is 0 Å². The van der Waals surface area contributed by atoms with Crippen LogP contribution in [0.2, 0.25) is 0 Å². The number of rotatable bonds is 3. The fourth-order valence-electron chi connectivity index (χ4n) is 3.00. The molecule has 1 heterocycles. The van der Waals surface area contributed by atoms with Crippen LogP contribution < -0.4 is 5.73 Å². The summed E-state index contributed by atoms with van der Waals surface area (Å²) in [6.45, 7) is 8.08. The molecule has 2 atom stereocenters. The summed E-state index contributed by atoms with van der Waals surface area (Å²) in [6, 6.07) is 8.30. The maximum Gasteiger partial charge on any atom is 0.103 e. The normalized spacial score (nSPS) is 25.0. The Kier molecular flexibility index (Phi) is 4.36. The van der Waals surface area contributed by atoms with Gasteiger partial charge in [-0.05, 0) is 29.9 Å². The summed E-state index contributed by atoms with van der Waals surface area (Å²) in [5.41, 5.74) is 7.96. The van der Waals surface area contributed by atoms with E-state index in [4.69, 9.17) is 18.0 Å². The minimum absolute atomic E-state index is 0.484. The standard InChI is InChI=1S/C15H22N2S/c1-11-6-12(2)9-17(8-11)10-13-4-3-5-14(7-13)15(16)18/h3-5,7,11-12H,6,8-10H2,1-2H3,(H2,16,18). The van der Waals surface area contributed by atoms with E-state index >= 15 is 0 Å². The molecule has 98 valence electrons. The molecule has 1 fully saturated rings. The molecular weight excluding hydrogens is 240 g/mol. The zero-order valence-electron chi connectivity index (χ0n) is 11.2. The van der Waals surface area contributed by atoms with Crippen LogP contribution in [0.5, 0.6) is 0 Å². The van der Waals surface area contributed by atoms with E-state index in [1.807, 2.05) is 12.1 Å². The van der Waals surface area contributed by atoms with Crippen molar-refractivity contribution in [2.75, 3.05) is 13.1 Å². The molecule has 0 saturated carbocycles. The quantitative estimate of drug-likeness (QED) is 0.849. The van der Waals surface area contributed by atoms with Gasteiger partial charge in [-0.25, -0.2) is 0 Å². The largest absolute Gasteiger partial charge is 0.389 e. The van der Waals surface area contributed by atoms with Gasteiger partial charge in [0.05, 0.1) is 0 Å². The monoisotopic (exact) mass is 262 g/mol. The topological polar surface area (TPSA) is 29.3 Å². The van der Waals surface area contributed by atoms with Crippen molar-refractivity contribution in [3.8, 4) is 0 Å². The molecule has 1 aromatic rings. The van der Waals surface area contributed by atoms with Gasteiger partial charge in [-0.3, -0.25) is 4.90 Å². The van der Waals surface area contributed by atoms with Crippen molar-refractivity contribution in [1.82, 2.24) is 4.90 Å². The van der Waals surface area contributed by atoms with Crippen LogP contribution in [0.3, 0.4) is 0 Å². The Labute approximate surface area is 115 Å². The highest BCUT2D eigenvalue weighted by atomic mass is 32.1. The highest BCUT2D eigenvalue weighted by Gasteiger charge is 2.21. The molecule has 2 unspecified atom stereocenters. The van der Waals surface area contributed by atoms with Crippen molar-refractivity contribution < 1.29 is 0 Å². The van der Waals surface area contributed by atoms with E-state index in [0.29, 0.717) is 4.99 Å². The van der Waals surface area contributed by atoms with Gasteiger partial charge in [0, 0.05) is 25.2 Å². The molecule has 0 radical (unpaired) electrons. The molecule has 1 aliphatic heterocycles. The number of hydrogen-bond acceptors (Lipinski definition) is 2. The Morgan fingerprint density at radius 2 is 2.00 bits per heavy atom. The SMILES string of the molecule is CC1CC(C)CN(Cc2cccc(C(N)=S)c2)C1. The Morgan fingerprint density at radius 1 is 1.33 bits per heavy atom. The van der Waals surface area contributed by atoms with E-state index in [1.165, 1.54) is 25.1 Å². The molecule has 0 aliphatic carbocycles. The maximum atomic E-state index is 5.68. The second kappa shape index (κ2) is 5.81. The Balaban J connectivity index is 2.04. The average Bonchev–Trinajstić information content (AvgIpc) is 2.27. The molecule has 1 aliphatic rings. The van der Waals surface area contributed by atoms with Gasteiger partial charge < -0.3 is 5.73 Å². The fraction of sp³-hybridized carbons (Fsp3) is 0.533. The average molecular weight is 262 g/mol. The third-order valence-electron chi connectivity index (χ3n) is 3.56. The molecule has 3 heteroatoms. The van der Waals surface area contributed by atoms with Crippen LogP contribution in [-0.2, 0) is 6.54 Å². The van der Waals surface area contributed by atoms with Crippen molar-refractivity contribution in [2.24, 2.45) is 17.6 Å². The van der Waals surface area contributed by atoms with Crippen molar-refractivity contribution in [3.63, 3.8) is 0 Å². The van der Waals surface area contributed by atoms with Crippen LogP contribution >= 0.6 is 12.2 Å². The van der Waals surface area contributed by atoms with Crippen molar-refractivity contribution in [2.45, 2.75) is 26.8 Å². The van der Waals surface area contributed by atoms with Crippen molar-refractivity contribution in [1.29, 1.82) is 0 Å². The van der Waals surface area contributed by atoms with Crippen LogP contribution in [0, 0.1) is 11.8 Å². The van der Waals surface area contributed by atoms with E-state index in [0.717, 1.165) is 23.9 Å². The lowest BCUT2D eigenvalue weighted by Crippen LogP contribution is -2.38. The van der Waals surface area contributed by atoms with Crippen LogP contribution in [0.15, 0.2) is 24.3 Å². The molecular formula is C15H22N2S. The highest BCUT2D eigenvalue weighted by Crippen LogP contribution is 2.22. The molecule has 2 nitrogen and oxygen atoms in total. The lowest BCUT2D eigenvalue weighted by Gasteiger charge is -2.35. The highest BCUT2D eigenvalue weighted by molar-refractivity contribution is 7.80. The smallest absolute Gasteiger partial charge is 0.103 e. The van der Waals surface area contributed by atoms with Gasteiger partial charge in [0.1, 0.15) is 4.99 Å². The molecule has 18 heavy (non-hydrogen) atoms. The van der Waals surface area contributed by atoms with Crippen LogP contribution in [0.1, 0.15) is 31.4 Å². The molecule has 0 bridgehead atoms. The molecule has 0 amide bonds. The van der Waals surface area contributed by atoms with Gasteiger partial charge in [-0.15, -0.1) is 0 Å². The van der Waals surface area contributed by atoms with Gasteiger partial charge in [0.25, 0.3) is 0 Å². The fourth-order valence-corrected chi connectivity index (χ4v) is 3.13. The minimum Gasteiger partial charge on any atom is -0.389 e. The number of piperidine rings is 1. The Bertz CT molecular complexity index is 420. The molecule has 2 N–H and O–H groups in total. The third kappa shape index (κ3) is 3.53. The third-order valence-corrected chi connectivity index (χ3v) is 3.80. The van der Waals surface area contributed by atoms with Gasteiger partial charge >= 0.3 is 0 Å². The van der Waals surface area contributed by atoms with E-state index < -0.39 is 0 Å². The summed E-state index contributed by atoms with van der Waals surface area (Å²) in [5, 5.41) is 0. The van der Waals surface area contributed by atoms with Crippen molar-refractivity contribution >= 4 is 17.2 Å². The minimum atomic E-state index is 0.484. The van der Waals surface area contributed by atoms with Crippen LogP contribution in [-0.4, -0.2) is 23.0 Å². The molecule has 1 saturated heterocycles. The first-order valence-corrected chi connectivity index (χ1v) is 7.06. The van der Waals surface area contributed by atoms with Gasteiger partial charge in [-0.1, -0.05) is 44.3 Å². The number of benzene rings is 1. The zero-order valence-corrected chi connectivity index (χ0v) is 12.0. The summed E-state index contributed by atoms with van der Waals surface area (Å²) in [7, 11) is 0. The van der Waals surface area contributed by atoms with E-state index in [9.17, 15) is 0 Å². The first-order chi connectivity index (χ1) is 8.54. The van der Waals surface area contributed by atoms with Gasteiger partial charge in [0.15, 0.2) is 0 Å².